The molecule has 0 saturated carbocycles. The molecule has 0 aromatic heterocycles. The normalized spacial score (nSPS) is 10.8. The van der Waals surface area contributed by atoms with Crippen LogP contribution in [0.1, 0.15) is 21.5 Å². The van der Waals surface area contributed by atoms with Gasteiger partial charge in [0.1, 0.15) is 0 Å². The smallest absolute Gasteiger partial charge is 0.267 e. The number of carbonyl (C=O) groups excluding carboxylic acids is 1. The van der Waals surface area contributed by atoms with Crippen molar-refractivity contribution in [2.45, 2.75) is 6.92 Å². The lowest BCUT2D eigenvalue weighted by Gasteiger charge is -2.03. The van der Waals surface area contributed by atoms with Gasteiger partial charge < -0.3 is 0 Å². The van der Waals surface area contributed by atoms with Gasteiger partial charge in [-0.25, -0.2) is 5.43 Å². The van der Waals surface area contributed by atoms with Crippen LogP contribution in [-0.4, -0.2) is 12.1 Å². The third-order valence-electron chi connectivity index (χ3n) is 2.64. The number of hydrogen-bond donors (Lipinski definition) is 1. The number of carbonyl (C=O) groups is 1. The van der Waals surface area contributed by atoms with Crippen molar-refractivity contribution in [3.8, 4) is 0 Å². The number of halogens is 2. The van der Waals surface area contributed by atoms with Crippen LogP contribution in [-0.2, 0) is 0 Å². The van der Waals surface area contributed by atoms with Gasteiger partial charge in [-0.1, -0.05) is 35.9 Å². The number of aryl methyl sites for hydroxylation is 1. The Hall–Kier alpha value is -1.40. The summed E-state index contributed by atoms with van der Waals surface area (Å²) >= 11 is 8.24. The van der Waals surface area contributed by atoms with Gasteiger partial charge in [0.15, 0.2) is 0 Å². The van der Waals surface area contributed by atoms with Crippen LogP contribution in [0.2, 0.25) is 5.02 Å². The van der Waals surface area contributed by atoms with Crippen LogP contribution >= 0.6 is 34.2 Å². The number of nitrogens with zero attached hydrogens (tertiary/aromatic N) is 1. The SMILES string of the molecule is Cc1ccc(C(=O)N/N=C\c2ccccc2I)c(Cl)c1. The van der Waals surface area contributed by atoms with E-state index < -0.39 is 0 Å². The maximum absolute atomic E-state index is 11.9. The zero-order valence-electron chi connectivity index (χ0n) is 10.7. The molecule has 1 N–H and O–H groups in total. The van der Waals surface area contributed by atoms with E-state index in [0.717, 1.165) is 14.7 Å². The molecule has 0 aliphatic carbocycles. The molecule has 20 heavy (non-hydrogen) atoms. The Balaban J connectivity index is 2.07. The van der Waals surface area contributed by atoms with E-state index in [0.29, 0.717) is 10.6 Å². The van der Waals surface area contributed by atoms with Gasteiger partial charge in [0.2, 0.25) is 0 Å². The van der Waals surface area contributed by atoms with Crippen molar-refractivity contribution in [3.63, 3.8) is 0 Å². The second-order valence-corrected chi connectivity index (χ2v) is 5.77. The largest absolute Gasteiger partial charge is 0.272 e. The molecule has 102 valence electrons. The molecule has 0 aliphatic heterocycles. The fraction of sp³-hybridized carbons (Fsp3) is 0.0667. The molecular formula is C15H12ClIN2O. The average molecular weight is 399 g/mol. The first-order valence-electron chi connectivity index (χ1n) is 5.92. The van der Waals surface area contributed by atoms with E-state index in [9.17, 15) is 4.79 Å². The second kappa shape index (κ2) is 6.85. The maximum atomic E-state index is 11.9. The van der Waals surface area contributed by atoms with Crippen LogP contribution in [0.4, 0.5) is 0 Å². The Morgan fingerprint density at radius 3 is 2.75 bits per heavy atom. The summed E-state index contributed by atoms with van der Waals surface area (Å²) in [6, 6.07) is 13.0. The zero-order chi connectivity index (χ0) is 14.5. The number of amides is 1. The molecule has 0 aliphatic rings. The van der Waals surface area contributed by atoms with Crippen LogP contribution < -0.4 is 5.43 Å². The molecule has 0 fully saturated rings. The Morgan fingerprint density at radius 1 is 1.30 bits per heavy atom. The molecule has 0 bridgehead atoms. The first-order chi connectivity index (χ1) is 9.58. The summed E-state index contributed by atoms with van der Waals surface area (Å²) in [5.74, 6) is -0.322. The van der Waals surface area contributed by atoms with E-state index in [-0.39, 0.29) is 5.91 Å². The van der Waals surface area contributed by atoms with Crippen LogP contribution in [0.5, 0.6) is 0 Å². The van der Waals surface area contributed by atoms with Gasteiger partial charge in [0.05, 0.1) is 16.8 Å². The van der Waals surface area contributed by atoms with Gasteiger partial charge in [-0.3, -0.25) is 4.79 Å². The lowest BCUT2D eigenvalue weighted by atomic mass is 10.1. The van der Waals surface area contributed by atoms with Crippen molar-refractivity contribution in [1.29, 1.82) is 0 Å². The highest BCUT2D eigenvalue weighted by atomic mass is 127. The lowest BCUT2D eigenvalue weighted by molar-refractivity contribution is 0.0955. The molecular weight excluding hydrogens is 387 g/mol. The van der Waals surface area contributed by atoms with Gasteiger partial charge in [0.25, 0.3) is 5.91 Å². The van der Waals surface area contributed by atoms with Crippen molar-refractivity contribution in [2.24, 2.45) is 5.10 Å². The molecule has 2 aromatic rings. The fourth-order valence-corrected chi connectivity index (χ4v) is 2.45. The van der Waals surface area contributed by atoms with E-state index in [1.54, 1.807) is 18.3 Å². The van der Waals surface area contributed by atoms with Crippen molar-refractivity contribution < 1.29 is 4.79 Å². The molecule has 1 amide bonds. The highest BCUT2D eigenvalue weighted by Crippen LogP contribution is 2.17. The monoisotopic (exact) mass is 398 g/mol. The summed E-state index contributed by atoms with van der Waals surface area (Å²) in [5, 5.41) is 4.38. The van der Waals surface area contributed by atoms with E-state index in [1.165, 1.54) is 0 Å². The summed E-state index contributed by atoms with van der Waals surface area (Å²) < 4.78 is 1.07. The van der Waals surface area contributed by atoms with Crippen molar-refractivity contribution >= 4 is 46.3 Å². The number of rotatable bonds is 3. The molecule has 2 aromatic carbocycles. The number of nitrogens with one attached hydrogen (secondary N) is 1. The van der Waals surface area contributed by atoms with Crippen molar-refractivity contribution in [1.82, 2.24) is 5.43 Å². The number of hydrogen-bond acceptors (Lipinski definition) is 2. The molecule has 0 heterocycles. The summed E-state index contributed by atoms with van der Waals surface area (Å²) in [4.78, 5) is 11.9. The van der Waals surface area contributed by atoms with Crippen LogP contribution in [0.3, 0.4) is 0 Å². The molecule has 0 spiro atoms. The highest BCUT2D eigenvalue weighted by molar-refractivity contribution is 14.1. The molecule has 0 radical (unpaired) electrons. The minimum absolute atomic E-state index is 0.322. The predicted molar refractivity (Wildman–Crippen MR) is 90.4 cm³/mol. The van der Waals surface area contributed by atoms with Gasteiger partial charge in [-0.15, -0.1) is 0 Å². The zero-order valence-corrected chi connectivity index (χ0v) is 13.6. The maximum Gasteiger partial charge on any atom is 0.272 e. The summed E-state index contributed by atoms with van der Waals surface area (Å²) in [7, 11) is 0. The van der Waals surface area contributed by atoms with Gasteiger partial charge in [0, 0.05) is 9.13 Å². The number of hydrazone groups is 1. The third kappa shape index (κ3) is 3.80. The lowest BCUT2D eigenvalue weighted by Crippen LogP contribution is -2.18. The molecule has 0 saturated heterocycles. The predicted octanol–water partition coefficient (Wildman–Crippen LogP) is 4.02. The molecule has 0 atom stereocenters. The topological polar surface area (TPSA) is 41.5 Å². The quantitative estimate of drug-likeness (QED) is 0.474. The van der Waals surface area contributed by atoms with Gasteiger partial charge in [-0.05, 0) is 53.3 Å². The van der Waals surface area contributed by atoms with E-state index in [4.69, 9.17) is 11.6 Å². The number of benzene rings is 2. The minimum Gasteiger partial charge on any atom is -0.267 e. The average Bonchev–Trinajstić information content (AvgIpc) is 2.40. The molecule has 3 nitrogen and oxygen atoms in total. The molecule has 5 heteroatoms. The first kappa shape index (κ1) is 15.0. The fourth-order valence-electron chi connectivity index (χ4n) is 1.60. The summed E-state index contributed by atoms with van der Waals surface area (Å²) in [6.07, 6.45) is 1.61. The van der Waals surface area contributed by atoms with Gasteiger partial charge in [-0.2, -0.15) is 5.10 Å². The van der Waals surface area contributed by atoms with E-state index in [1.807, 2.05) is 37.3 Å². The minimum atomic E-state index is -0.322. The second-order valence-electron chi connectivity index (χ2n) is 4.20. The molecule has 2 rings (SSSR count). The van der Waals surface area contributed by atoms with Crippen molar-refractivity contribution in [3.05, 3.63) is 67.7 Å². The van der Waals surface area contributed by atoms with Crippen molar-refractivity contribution in [2.75, 3.05) is 0 Å². The van der Waals surface area contributed by atoms with Crippen LogP contribution in [0.15, 0.2) is 47.6 Å². The Labute approximate surface area is 136 Å². The summed E-state index contributed by atoms with van der Waals surface area (Å²) in [5.41, 5.74) is 4.85. The Kier molecular flexibility index (Phi) is 5.14. The molecule has 0 unspecified atom stereocenters. The summed E-state index contributed by atoms with van der Waals surface area (Å²) in [6.45, 7) is 1.92. The first-order valence-corrected chi connectivity index (χ1v) is 7.37. The van der Waals surface area contributed by atoms with Crippen LogP contribution in [0, 0.1) is 10.5 Å². The Bertz CT molecular complexity index is 671. The Morgan fingerprint density at radius 2 is 2.05 bits per heavy atom. The van der Waals surface area contributed by atoms with E-state index in [2.05, 4.69) is 33.1 Å². The van der Waals surface area contributed by atoms with E-state index >= 15 is 0 Å². The van der Waals surface area contributed by atoms with Crippen LogP contribution in [0.25, 0.3) is 0 Å². The third-order valence-corrected chi connectivity index (χ3v) is 3.94. The highest BCUT2D eigenvalue weighted by Gasteiger charge is 2.09. The van der Waals surface area contributed by atoms with Gasteiger partial charge >= 0.3 is 0 Å². The standard InChI is InChI=1S/C15H12ClIN2O/c1-10-6-7-12(13(16)8-10)15(20)19-18-9-11-4-2-3-5-14(11)17/h2-9H,1H3,(H,19,20)/b18-9-.